The van der Waals surface area contributed by atoms with Gasteiger partial charge >= 0.3 is 0 Å². The van der Waals surface area contributed by atoms with Crippen LogP contribution in [0.2, 0.25) is 0 Å². The molecular weight excluding hydrogens is 515 g/mol. The normalized spacial score (nSPS) is 15.2. The fraction of sp³-hybridized carbons (Fsp3) is 0.200. The molecule has 3 aromatic carbocycles. The Morgan fingerprint density at radius 3 is 1.86 bits per heavy atom. The first-order valence-electron chi connectivity index (χ1n) is 11.3. The minimum absolute atomic E-state index is 0.0431. The molecule has 1 aliphatic rings. The van der Waals surface area contributed by atoms with E-state index in [0.717, 1.165) is 9.87 Å². The molecule has 1 aromatic heterocycles. The number of hydrogen-bond donors (Lipinski definition) is 0. The zero-order chi connectivity index (χ0) is 26.3. The molecule has 192 valence electrons. The summed E-state index contributed by atoms with van der Waals surface area (Å²) >= 11 is 0. The van der Waals surface area contributed by atoms with E-state index in [9.17, 15) is 30.4 Å². The summed E-state index contributed by atoms with van der Waals surface area (Å²) in [5, 5.41) is 0. The van der Waals surface area contributed by atoms with E-state index in [0.29, 0.717) is 29.1 Å². The SMILES string of the molecule is O=S(=O)(c1c(F)c(F)c(F)c(F)c1F)N1CCCN(c2nc3ccccc3nc2-c2ccccc2)CC1. The van der Waals surface area contributed by atoms with Gasteiger partial charge in [-0.25, -0.2) is 40.3 Å². The molecule has 0 atom stereocenters. The van der Waals surface area contributed by atoms with Gasteiger partial charge in [0.25, 0.3) is 0 Å². The fourth-order valence-electron chi connectivity index (χ4n) is 4.29. The topological polar surface area (TPSA) is 66.4 Å². The van der Waals surface area contributed by atoms with Crippen LogP contribution >= 0.6 is 0 Å². The van der Waals surface area contributed by atoms with E-state index >= 15 is 0 Å². The summed E-state index contributed by atoms with van der Waals surface area (Å²) in [5.41, 5.74) is 2.63. The largest absolute Gasteiger partial charge is 0.353 e. The maximum atomic E-state index is 14.3. The Labute approximate surface area is 209 Å². The van der Waals surface area contributed by atoms with Gasteiger partial charge in [-0.05, 0) is 18.6 Å². The fourth-order valence-corrected chi connectivity index (χ4v) is 5.87. The average Bonchev–Trinajstić information content (AvgIpc) is 3.17. The molecule has 0 bridgehead atoms. The van der Waals surface area contributed by atoms with E-state index in [1.54, 1.807) is 11.0 Å². The van der Waals surface area contributed by atoms with Crippen LogP contribution in [0.25, 0.3) is 22.3 Å². The number of anilines is 1. The van der Waals surface area contributed by atoms with Crippen molar-refractivity contribution in [3.8, 4) is 11.3 Å². The van der Waals surface area contributed by atoms with Crippen molar-refractivity contribution in [3.05, 3.63) is 83.7 Å². The van der Waals surface area contributed by atoms with Gasteiger partial charge in [0.15, 0.2) is 34.0 Å². The molecule has 2 heterocycles. The van der Waals surface area contributed by atoms with Crippen LogP contribution in [0.1, 0.15) is 6.42 Å². The van der Waals surface area contributed by atoms with Crippen LogP contribution in [0.4, 0.5) is 27.8 Å². The molecular formula is C25H19F5N4O2S. The first kappa shape index (κ1) is 25.0. The molecule has 1 saturated heterocycles. The number of fused-ring (bicyclic) bond motifs is 1. The Kier molecular flexibility index (Phi) is 6.54. The molecule has 0 N–H and O–H groups in total. The lowest BCUT2D eigenvalue weighted by molar-refractivity contribution is 0.350. The highest BCUT2D eigenvalue weighted by molar-refractivity contribution is 7.89. The molecule has 12 heteroatoms. The van der Waals surface area contributed by atoms with E-state index in [1.165, 1.54) is 0 Å². The lowest BCUT2D eigenvalue weighted by atomic mass is 10.1. The lowest BCUT2D eigenvalue weighted by Crippen LogP contribution is -2.36. The van der Waals surface area contributed by atoms with Crippen molar-refractivity contribution in [2.45, 2.75) is 11.3 Å². The molecule has 1 aliphatic heterocycles. The standard InChI is InChI=1S/C25H19F5N4O2S/c26-18-19(27)21(29)24(22(30)20(18)28)37(35,36)34-12-6-11-33(13-14-34)25-23(15-7-2-1-3-8-15)31-16-9-4-5-10-17(16)32-25/h1-5,7-10H,6,11-14H2. The summed E-state index contributed by atoms with van der Waals surface area (Å²) in [5.74, 6) is -11.3. The number of benzene rings is 3. The second-order valence-corrected chi connectivity index (χ2v) is 10.3. The Hall–Kier alpha value is -3.64. The molecule has 37 heavy (non-hydrogen) atoms. The summed E-state index contributed by atoms with van der Waals surface area (Å²) in [6, 6.07) is 16.5. The van der Waals surface area contributed by atoms with Crippen molar-refractivity contribution < 1.29 is 30.4 Å². The molecule has 0 saturated carbocycles. The summed E-state index contributed by atoms with van der Waals surface area (Å²) < 4.78 is 96.4. The van der Waals surface area contributed by atoms with Crippen LogP contribution in [-0.2, 0) is 10.0 Å². The Morgan fingerprint density at radius 2 is 1.22 bits per heavy atom. The van der Waals surface area contributed by atoms with Crippen molar-refractivity contribution in [3.63, 3.8) is 0 Å². The highest BCUT2D eigenvalue weighted by Crippen LogP contribution is 2.32. The molecule has 0 aliphatic carbocycles. The number of halogens is 5. The Bertz CT molecular complexity index is 1570. The molecule has 0 spiro atoms. The molecule has 5 rings (SSSR count). The lowest BCUT2D eigenvalue weighted by Gasteiger charge is -2.25. The van der Waals surface area contributed by atoms with Crippen molar-refractivity contribution in [1.82, 2.24) is 14.3 Å². The highest BCUT2D eigenvalue weighted by Gasteiger charge is 2.38. The van der Waals surface area contributed by atoms with Crippen molar-refractivity contribution in [2.75, 3.05) is 31.1 Å². The first-order chi connectivity index (χ1) is 17.7. The highest BCUT2D eigenvalue weighted by atomic mass is 32.2. The van der Waals surface area contributed by atoms with Gasteiger partial charge in [-0.2, -0.15) is 4.31 Å². The number of para-hydroxylation sites is 2. The van der Waals surface area contributed by atoms with E-state index < -0.39 is 44.0 Å². The molecule has 0 unspecified atom stereocenters. The molecule has 0 amide bonds. The van der Waals surface area contributed by atoms with Gasteiger partial charge in [0, 0.05) is 31.7 Å². The summed E-state index contributed by atoms with van der Waals surface area (Å²) in [7, 11) is -5.04. The van der Waals surface area contributed by atoms with Gasteiger partial charge < -0.3 is 4.90 Å². The van der Waals surface area contributed by atoms with Gasteiger partial charge in [-0.1, -0.05) is 42.5 Å². The molecule has 0 radical (unpaired) electrons. The predicted octanol–water partition coefficient (Wildman–Crippen LogP) is 4.89. The van der Waals surface area contributed by atoms with E-state index in [2.05, 4.69) is 0 Å². The van der Waals surface area contributed by atoms with Gasteiger partial charge in [0.2, 0.25) is 15.8 Å². The third kappa shape index (κ3) is 4.40. The molecule has 6 nitrogen and oxygen atoms in total. The zero-order valence-corrected chi connectivity index (χ0v) is 20.0. The van der Waals surface area contributed by atoms with Crippen molar-refractivity contribution in [2.24, 2.45) is 0 Å². The van der Waals surface area contributed by atoms with E-state index in [1.807, 2.05) is 48.5 Å². The van der Waals surface area contributed by atoms with Gasteiger partial charge in [-0.15, -0.1) is 0 Å². The second kappa shape index (κ2) is 9.67. The number of rotatable bonds is 4. The zero-order valence-electron chi connectivity index (χ0n) is 19.1. The minimum Gasteiger partial charge on any atom is -0.353 e. The third-order valence-corrected chi connectivity index (χ3v) is 8.04. The van der Waals surface area contributed by atoms with Crippen LogP contribution in [0.15, 0.2) is 59.5 Å². The maximum absolute atomic E-state index is 14.3. The number of sulfonamides is 1. The minimum atomic E-state index is -5.04. The van der Waals surface area contributed by atoms with Crippen molar-refractivity contribution in [1.29, 1.82) is 0 Å². The smallest absolute Gasteiger partial charge is 0.249 e. The van der Waals surface area contributed by atoms with Crippen LogP contribution < -0.4 is 4.90 Å². The monoisotopic (exact) mass is 534 g/mol. The Morgan fingerprint density at radius 1 is 0.649 bits per heavy atom. The summed E-state index contributed by atoms with van der Waals surface area (Å²) in [6.45, 7) is -0.109. The van der Waals surface area contributed by atoms with Gasteiger partial charge in [-0.3, -0.25) is 0 Å². The van der Waals surface area contributed by atoms with Crippen LogP contribution in [0.5, 0.6) is 0 Å². The number of nitrogens with zero attached hydrogens (tertiary/aromatic N) is 4. The van der Waals surface area contributed by atoms with E-state index in [4.69, 9.17) is 9.97 Å². The van der Waals surface area contributed by atoms with Gasteiger partial charge in [0.1, 0.15) is 5.69 Å². The molecule has 1 fully saturated rings. The van der Waals surface area contributed by atoms with Crippen LogP contribution in [0, 0.1) is 29.1 Å². The summed E-state index contributed by atoms with van der Waals surface area (Å²) in [6.07, 6.45) is 0.206. The third-order valence-electron chi connectivity index (χ3n) is 6.12. The average molecular weight is 535 g/mol. The number of hydrogen-bond acceptors (Lipinski definition) is 5. The summed E-state index contributed by atoms with van der Waals surface area (Å²) in [4.78, 5) is 9.47. The van der Waals surface area contributed by atoms with Crippen molar-refractivity contribution >= 4 is 26.9 Å². The Balaban J connectivity index is 1.51. The predicted molar refractivity (Wildman–Crippen MR) is 127 cm³/mol. The van der Waals surface area contributed by atoms with Crippen LogP contribution in [0.3, 0.4) is 0 Å². The first-order valence-corrected chi connectivity index (χ1v) is 12.7. The molecule has 4 aromatic rings. The second-order valence-electron chi connectivity index (χ2n) is 8.39. The quantitative estimate of drug-likeness (QED) is 0.212. The number of aromatic nitrogens is 2. The van der Waals surface area contributed by atoms with E-state index in [-0.39, 0.29) is 26.1 Å². The maximum Gasteiger partial charge on any atom is 0.249 e. The van der Waals surface area contributed by atoms with Gasteiger partial charge in [0.05, 0.1) is 11.0 Å². The van der Waals surface area contributed by atoms with Crippen LogP contribution in [-0.4, -0.2) is 48.9 Å².